The summed E-state index contributed by atoms with van der Waals surface area (Å²) in [7, 11) is 2.06. The Bertz CT molecular complexity index is 890. The Balaban J connectivity index is 1.87. The molecule has 0 unspecified atom stereocenters. The van der Waals surface area contributed by atoms with Crippen molar-refractivity contribution in [1.29, 1.82) is 0 Å². The molecule has 2 aromatic carbocycles. The van der Waals surface area contributed by atoms with Crippen LogP contribution in [0.25, 0.3) is 16.6 Å². The van der Waals surface area contributed by atoms with Crippen LogP contribution in [0.1, 0.15) is 5.56 Å². The largest absolute Gasteiger partial charge is 0.490 e. The van der Waals surface area contributed by atoms with Gasteiger partial charge in [0.1, 0.15) is 18.2 Å². The van der Waals surface area contributed by atoms with Gasteiger partial charge in [-0.2, -0.15) is 0 Å². The number of halogens is 2. The monoisotopic (exact) mass is 330 g/mol. The number of rotatable bonds is 1. The summed E-state index contributed by atoms with van der Waals surface area (Å²) in [5.74, 6) is 0.535. The minimum atomic E-state index is -0.231. The first kappa shape index (κ1) is 14.5. The normalized spacial score (nSPS) is 15.3. The topological polar surface area (TPSA) is 17.4 Å². The first-order valence-corrected chi connectivity index (χ1v) is 7.90. The molecule has 1 aliphatic rings. The van der Waals surface area contributed by atoms with Gasteiger partial charge < -0.3 is 9.30 Å². The number of likely N-dealkylation sites (N-methyl/N-ethyl adjacent to an activating group) is 1. The van der Waals surface area contributed by atoms with Crippen molar-refractivity contribution in [3.05, 3.63) is 59.0 Å². The van der Waals surface area contributed by atoms with Crippen LogP contribution in [0.5, 0.6) is 5.75 Å². The fourth-order valence-electron chi connectivity index (χ4n) is 3.06. The molecule has 3 aromatic rings. The minimum absolute atomic E-state index is 0.231. The molecule has 5 heteroatoms. The van der Waals surface area contributed by atoms with Crippen LogP contribution in [-0.4, -0.2) is 29.7 Å². The number of hydrogen-bond donors (Lipinski definition) is 0. The third-order valence-corrected chi connectivity index (χ3v) is 4.48. The molecule has 1 aliphatic heterocycles. The van der Waals surface area contributed by atoms with E-state index in [-0.39, 0.29) is 5.82 Å². The van der Waals surface area contributed by atoms with Gasteiger partial charge in [-0.15, -0.1) is 0 Å². The van der Waals surface area contributed by atoms with E-state index in [2.05, 4.69) is 18.0 Å². The zero-order valence-corrected chi connectivity index (χ0v) is 13.5. The first-order chi connectivity index (χ1) is 11.1. The van der Waals surface area contributed by atoms with Crippen molar-refractivity contribution in [2.45, 2.75) is 6.54 Å². The summed E-state index contributed by atoms with van der Waals surface area (Å²) >= 11 is 6.44. The van der Waals surface area contributed by atoms with Crippen LogP contribution >= 0.6 is 11.6 Å². The summed E-state index contributed by atoms with van der Waals surface area (Å²) in [6.07, 6.45) is 1.93. The van der Waals surface area contributed by atoms with Crippen molar-refractivity contribution in [1.82, 2.24) is 9.47 Å². The van der Waals surface area contributed by atoms with Gasteiger partial charge in [-0.1, -0.05) is 11.6 Å². The van der Waals surface area contributed by atoms with E-state index < -0.39 is 0 Å². The molecule has 0 N–H and O–H groups in total. The molecular weight excluding hydrogens is 315 g/mol. The van der Waals surface area contributed by atoms with Crippen LogP contribution in [0, 0.1) is 5.82 Å². The third kappa shape index (κ3) is 2.58. The van der Waals surface area contributed by atoms with Gasteiger partial charge in [0.05, 0.1) is 10.5 Å². The molecule has 0 amide bonds. The fraction of sp³-hybridized carbons (Fsp3) is 0.222. The van der Waals surface area contributed by atoms with Crippen molar-refractivity contribution in [2.24, 2.45) is 0 Å². The van der Waals surface area contributed by atoms with Gasteiger partial charge in [0.25, 0.3) is 0 Å². The SMILES string of the molecule is CN1CCOc2c(Cl)cc(-n3ccc4cc(F)ccc43)cc2C1. The molecule has 0 atom stereocenters. The summed E-state index contributed by atoms with van der Waals surface area (Å²) in [6, 6.07) is 10.7. The maximum Gasteiger partial charge on any atom is 0.142 e. The predicted molar refractivity (Wildman–Crippen MR) is 90.1 cm³/mol. The van der Waals surface area contributed by atoms with Gasteiger partial charge >= 0.3 is 0 Å². The summed E-state index contributed by atoms with van der Waals surface area (Å²) in [6.45, 7) is 2.29. The molecule has 0 saturated carbocycles. The van der Waals surface area contributed by atoms with E-state index in [1.165, 1.54) is 12.1 Å². The highest BCUT2D eigenvalue weighted by Crippen LogP contribution is 2.35. The number of ether oxygens (including phenoxy) is 1. The average molecular weight is 331 g/mol. The number of aromatic nitrogens is 1. The van der Waals surface area contributed by atoms with E-state index in [9.17, 15) is 4.39 Å². The Morgan fingerprint density at radius 3 is 2.91 bits per heavy atom. The highest BCUT2D eigenvalue weighted by atomic mass is 35.5. The smallest absolute Gasteiger partial charge is 0.142 e. The molecule has 0 fully saturated rings. The van der Waals surface area contributed by atoms with Crippen LogP contribution in [0.2, 0.25) is 5.02 Å². The Kier molecular flexibility index (Phi) is 3.51. The first-order valence-electron chi connectivity index (χ1n) is 7.52. The minimum Gasteiger partial charge on any atom is -0.490 e. The van der Waals surface area contributed by atoms with Crippen LogP contribution in [0.3, 0.4) is 0 Å². The van der Waals surface area contributed by atoms with E-state index in [1.54, 1.807) is 6.07 Å². The molecule has 1 aromatic heterocycles. The Labute approximate surface area is 138 Å². The van der Waals surface area contributed by atoms with E-state index in [0.717, 1.165) is 41.0 Å². The lowest BCUT2D eigenvalue weighted by Gasteiger charge is -2.14. The van der Waals surface area contributed by atoms with E-state index in [4.69, 9.17) is 16.3 Å². The van der Waals surface area contributed by atoms with Crippen LogP contribution in [-0.2, 0) is 6.54 Å². The second kappa shape index (κ2) is 5.55. The molecule has 2 heterocycles. The fourth-order valence-corrected chi connectivity index (χ4v) is 3.35. The number of nitrogens with zero attached hydrogens (tertiary/aromatic N) is 2. The molecule has 23 heavy (non-hydrogen) atoms. The lowest BCUT2D eigenvalue weighted by Crippen LogP contribution is -2.20. The maximum atomic E-state index is 13.4. The predicted octanol–water partition coefficient (Wildman–Crippen LogP) is 4.25. The Hall–Kier alpha value is -2.04. The summed E-state index contributed by atoms with van der Waals surface area (Å²) in [5.41, 5.74) is 2.97. The van der Waals surface area contributed by atoms with Gasteiger partial charge in [0.15, 0.2) is 0 Å². The number of hydrogen-bond acceptors (Lipinski definition) is 2. The molecule has 0 bridgehead atoms. The second-order valence-electron chi connectivity index (χ2n) is 5.89. The maximum absolute atomic E-state index is 13.4. The average Bonchev–Trinajstić information content (AvgIpc) is 2.82. The molecule has 4 rings (SSSR count). The summed E-state index contributed by atoms with van der Waals surface area (Å²) < 4.78 is 21.2. The lowest BCUT2D eigenvalue weighted by atomic mass is 10.1. The van der Waals surface area contributed by atoms with Crippen LogP contribution < -0.4 is 4.74 Å². The molecule has 0 aliphatic carbocycles. The van der Waals surface area contributed by atoms with Gasteiger partial charge in [-0.25, -0.2) is 4.39 Å². The van der Waals surface area contributed by atoms with Crippen molar-refractivity contribution >= 4 is 22.5 Å². The highest BCUT2D eigenvalue weighted by Gasteiger charge is 2.17. The highest BCUT2D eigenvalue weighted by molar-refractivity contribution is 6.32. The van der Waals surface area contributed by atoms with E-state index in [0.29, 0.717) is 11.6 Å². The Morgan fingerprint density at radius 1 is 1.17 bits per heavy atom. The van der Waals surface area contributed by atoms with Gasteiger partial charge in [-0.3, -0.25) is 4.90 Å². The van der Waals surface area contributed by atoms with Crippen molar-refractivity contribution < 1.29 is 9.13 Å². The molecule has 118 valence electrons. The number of benzene rings is 2. The van der Waals surface area contributed by atoms with Crippen molar-refractivity contribution in [3.8, 4) is 11.4 Å². The molecule has 3 nitrogen and oxygen atoms in total. The van der Waals surface area contributed by atoms with Gasteiger partial charge in [0, 0.05) is 35.9 Å². The summed E-state index contributed by atoms with van der Waals surface area (Å²) in [5, 5.41) is 1.47. The molecular formula is C18H16ClFN2O. The zero-order valence-electron chi connectivity index (χ0n) is 12.7. The van der Waals surface area contributed by atoms with Gasteiger partial charge in [0.2, 0.25) is 0 Å². The van der Waals surface area contributed by atoms with E-state index >= 15 is 0 Å². The quantitative estimate of drug-likeness (QED) is 0.663. The lowest BCUT2D eigenvalue weighted by molar-refractivity contribution is 0.259. The Morgan fingerprint density at radius 2 is 2.04 bits per heavy atom. The molecule has 0 radical (unpaired) electrons. The standard InChI is InChI=1S/C18H16ClFN2O/c1-21-6-7-23-18-13(11-21)9-15(10-16(18)19)22-5-4-12-8-14(20)2-3-17(12)22/h2-5,8-10H,6-7,11H2,1H3. The third-order valence-electron chi connectivity index (χ3n) is 4.20. The van der Waals surface area contributed by atoms with Crippen molar-refractivity contribution in [3.63, 3.8) is 0 Å². The van der Waals surface area contributed by atoms with Crippen LogP contribution in [0.4, 0.5) is 4.39 Å². The van der Waals surface area contributed by atoms with Crippen LogP contribution in [0.15, 0.2) is 42.6 Å². The van der Waals surface area contributed by atoms with Gasteiger partial charge in [-0.05, 0) is 43.4 Å². The number of fused-ring (bicyclic) bond motifs is 2. The zero-order chi connectivity index (χ0) is 16.0. The molecule has 0 spiro atoms. The summed E-state index contributed by atoms with van der Waals surface area (Å²) in [4.78, 5) is 2.20. The molecule has 0 saturated heterocycles. The van der Waals surface area contributed by atoms with E-state index in [1.807, 2.05) is 22.9 Å². The van der Waals surface area contributed by atoms with Crippen molar-refractivity contribution in [2.75, 3.05) is 20.2 Å². The second-order valence-corrected chi connectivity index (χ2v) is 6.30.